The molecule has 0 spiro atoms. The largest absolute Gasteiger partial charge is 0.298 e. The van der Waals surface area contributed by atoms with Gasteiger partial charge in [-0.3, -0.25) is 9.11 Å². The van der Waals surface area contributed by atoms with Gasteiger partial charge in [0.05, 0.1) is 27.9 Å². The normalized spacial score (nSPS) is 15.8. The number of hydrogen-bond acceptors (Lipinski definition) is 7. The van der Waals surface area contributed by atoms with Crippen LogP contribution in [-0.4, -0.2) is 42.1 Å². The lowest BCUT2D eigenvalue weighted by Gasteiger charge is -2.26. The molecule has 8 heteroatoms. The molecule has 1 unspecified atom stereocenters. The molecule has 0 N–H and O–H groups in total. The number of fused-ring (bicyclic) bond motifs is 1. The summed E-state index contributed by atoms with van der Waals surface area (Å²) in [7, 11) is -1.30. The van der Waals surface area contributed by atoms with Crippen LogP contribution in [0.3, 0.4) is 0 Å². The van der Waals surface area contributed by atoms with Crippen molar-refractivity contribution in [3.63, 3.8) is 0 Å². The lowest BCUT2D eigenvalue weighted by molar-refractivity contribution is 0.218. The molecule has 3 aromatic heterocycles. The first-order valence-electron chi connectivity index (χ1n) is 10.9. The Bertz CT molecular complexity index is 1190. The van der Waals surface area contributed by atoms with E-state index in [4.69, 9.17) is 15.0 Å². The molecule has 164 valence electrons. The Kier molecular flexibility index (Phi) is 6.61. The molecule has 0 radical (unpaired) electrons. The van der Waals surface area contributed by atoms with E-state index in [-0.39, 0.29) is 0 Å². The van der Waals surface area contributed by atoms with Crippen molar-refractivity contribution in [2.75, 3.05) is 13.1 Å². The van der Waals surface area contributed by atoms with Gasteiger partial charge in [-0.05, 0) is 49.7 Å². The number of nitrogens with zero attached hydrogens (tertiary/aromatic N) is 5. The monoisotopic (exact) mass is 463 g/mol. The van der Waals surface area contributed by atoms with E-state index < -0.39 is 10.8 Å². The molecule has 1 atom stereocenters. The van der Waals surface area contributed by atoms with Crippen molar-refractivity contribution in [2.45, 2.75) is 43.1 Å². The second kappa shape index (κ2) is 9.94. The van der Waals surface area contributed by atoms with Crippen LogP contribution in [0, 0.1) is 0 Å². The van der Waals surface area contributed by atoms with E-state index in [9.17, 15) is 4.21 Å². The molecule has 1 fully saturated rings. The molecule has 4 heterocycles. The molecule has 1 saturated heterocycles. The van der Waals surface area contributed by atoms with Crippen LogP contribution in [0.5, 0.6) is 0 Å². The summed E-state index contributed by atoms with van der Waals surface area (Å²) >= 11 is 1.58. The van der Waals surface area contributed by atoms with Crippen LogP contribution < -0.4 is 0 Å². The Balaban J connectivity index is 1.43. The molecule has 4 aromatic rings. The Morgan fingerprint density at radius 1 is 0.938 bits per heavy atom. The van der Waals surface area contributed by atoms with E-state index in [2.05, 4.69) is 16.0 Å². The van der Waals surface area contributed by atoms with Crippen molar-refractivity contribution in [1.29, 1.82) is 0 Å². The highest BCUT2D eigenvalue weighted by Gasteiger charge is 2.17. The van der Waals surface area contributed by atoms with Crippen LogP contribution in [0.2, 0.25) is 0 Å². The molecule has 6 nitrogen and oxygen atoms in total. The van der Waals surface area contributed by atoms with Crippen molar-refractivity contribution >= 4 is 32.5 Å². The van der Waals surface area contributed by atoms with Crippen molar-refractivity contribution < 1.29 is 4.21 Å². The number of rotatable bonds is 7. The highest BCUT2D eigenvalue weighted by atomic mass is 32.2. The molecule has 32 heavy (non-hydrogen) atoms. The second-order valence-corrected chi connectivity index (χ2v) is 10.5. The zero-order valence-electron chi connectivity index (χ0n) is 17.8. The fourth-order valence-electron chi connectivity index (χ4n) is 3.98. The SMILES string of the molecule is O=S(Cc1ccccc1)c1nc(Cc2nc3cccnc3s2)cc(CN2CCCCC2)n1. The summed E-state index contributed by atoms with van der Waals surface area (Å²) in [6, 6.07) is 15.8. The van der Waals surface area contributed by atoms with Crippen LogP contribution in [-0.2, 0) is 29.5 Å². The van der Waals surface area contributed by atoms with Gasteiger partial charge in [0, 0.05) is 19.2 Å². The number of pyridine rings is 1. The number of thiazole rings is 1. The molecule has 0 amide bonds. The molecular formula is C24H25N5OS2. The summed E-state index contributed by atoms with van der Waals surface area (Å²) in [6.45, 7) is 2.95. The minimum atomic E-state index is -1.30. The topological polar surface area (TPSA) is 71.9 Å². The number of piperidine rings is 1. The number of aromatic nitrogens is 4. The smallest absolute Gasteiger partial charge is 0.219 e. The second-order valence-electron chi connectivity index (χ2n) is 8.06. The summed E-state index contributed by atoms with van der Waals surface area (Å²) in [4.78, 5) is 21.9. The summed E-state index contributed by atoms with van der Waals surface area (Å²) in [5, 5.41) is 1.37. The van der Waals surface area contributed by atoms with Crippen LogP contribution in [0.25, 0.3) is 10.3 Å². The summed E-state index contributed by atoms with van der Waals surface area (Å²) in [6.07, 6.45) is 6.12. The fraction of sp³-hybridized carbons (Fsp3) is 0.333. The van der Waals surface area contributed by atoms with Gasteiger partial charge < -0.3 is 0 Å². The van der Waals surface area contributed by atoms with Crippen LogP contribution in [0.1, 0.15) is 41.2 Å². The third kappa shape index (κ3) is 5.26. The minimum Gasteiger partial charge on any atom is -0.298 e. The van der Waals surface area contributed by atoms with Crippen molar-refractivity contribution in [3.05, 3.63) is 76.7 Å². The summed E-state index contributed by atoms with van der Waals surface area (Å²) < 4.78 is 13.2. The number of benzene rings is 1. The van der Waals surface area contributed by atoms with E-state index in [1.54, 1.807) is 17.5 Å². The van der Waals surface area contributed by atoms with Gasteiger partial charge in [-0.15, -0.1) is 0 Å². The van der Waals surface area contributed by atoms with E-state index in [0.29, 0.717) is 17.3 Å². The van der Waals surface area contributed by atoms with Gasteiger partial charge in [0.1, 0.15) is 15.4 Å². The summed E-state index contributed by atoms with van der Waals surface area (Å²) in [5.74, 6) is 0.415. The molecule has 1 aliphatic heterocycles. The van der Waals surface area contributed by atoms with Crippen LogP contribution in [0.4, 0.5) is 0 Å². The number of hydrogen-bond donors (Lipinski definition) is 0. The van der Waals surface area contributed by atoms with E-state index in [1.807, 2.05) is 42.5 Å². The van der Waals surface area contributed by atoms with Crippen LogP contribution in [0.15, 0.2) is 59.9 Å². The quantitative estimate of drug-likeness (QED) is 0.379. The van der Waals surface area contributed by atoms with Gasteiger partial charge in [0.2, 0.25) is 5.16 Å². The Morgan fingerprint density at radius 2 is 1.75 bits per heavy atom. The van der Waals surface area contributed by atoms with Crippen molar-refractivity contribution in [2.24, 2.45) is 0 Å². The number of likely N-dealkylation sites (tertiary alicyclic amines) is 1. The minimum absolute atomic E-state index is 0.414. The van der Waals surface area contributed by atoms with Crippen LogP contribution >= 0.6 is 11.3 Å². The maximum atomic E-state index is 13.2. The average Bonchev–Trinajstić information content (AvgIpc) is 3.22. The van der Waals surface area contributed by atoms with Gasteiger partial charge in [0.15, 0.2) is 0 Å². The predicted octanol–water partition coefficient (Wildman–Crippen LogP) is 4.37. The Hall–Kier alpha value is -2.55. The van der Waals surface area contributed by atoms with E-state index >= 15 is 0 Å². The highest BCUT2D eigenvalue weighted by molar-refractivity contribution is 7.84. The molecule has 1 aromatic carbocycles. The first-order chi connectivity index (χ1) is 15.7. The molecular weight excluding hydrogens is 438 g/mol. The zero-order chi connectivity index (χ0) is 21.8. The average molecular weight is 464 g/mol. The van der Waals surface area contributed by atoms with Gasteiger partial charge in [-0.2, -0.15) is 0 Å². The Labute approximate surface area is 194 Å². The molecule has 1 aliphatic rings. The van der Waals surface area contributed by atoms with E-state index in [0.717, 1.165) is 51.9 Å². The third-order valence-electron chi connectivity index (χ3n) is 5.53. The third-order valence-corrected chi connectivity index (χ3v) is 7.70. The molecule has 5 rings (SSSR count). The lowest BCUT2D eigenvalue weighted by Crippen LogP contribution is -2.29. The highest BCUT2D eigenvalue weighted by Crippen LogP contribution is 2.22. The van der Waals surface area contributed by atoms with Gasteiger partial charge >= 0.3 is 0 Å². The van der Waals surface area contributed by atoms with Gasteiger partial charge in [-0.25, -0.2) is 19.9 Å². The summed E-state index contributed by atoms with van der Waals surface area (Å²) in [5.41, 5.74) is 3.73. The van der Waals surface area contributed by atoms with Gasteiger partial charge in [0.25, 0.3) is 0 Å². The lowest BCUT2D eigenvalue weighted by atomic mass is 10.1. The van der Waals surface area contributed by atoms with Gasteiger partial charge in [-0.1, -0.05) is 48.1 Å². The van der Waals surface area contributed by atoms with Crippen molar-refractivity contribution in [1.82, 2.24) is 24.8 Å². The molecule has 0 aliphatic carbocycles. The van der Waals surface area contributed by atoms with E-state index in [1.165, 1.54) is 19.3 Å². The molecule has 0 saturated carbocycles. The first-order valence-corrected chi connectivity index (χ1v) is 13.1. The maximum Gasteiger partial charge on any atom is 0.219 e. The standard InChI is InChI=1S/C24H25N5OS2/c30-32(17-18-8-3-1-4-9-18)24-26-19(14-20(27-24)16-29-12-5-2-6-13-29)15-22-28-21-10-7-11-25-23(21)31-22/h1,3-4,7-11,14H,2,5-6,12-13,15-17H2. The zero-order valence-corrected chi connectivity index (χ0v) is 19.4. The molecule has 0 bridgehead atoms. The fourth-order valence-corrected chi connectivity index (χ4v) is 5.96. The van der Waals surface area contributed by atoms with Crippen molar-refractivity contribution in [3.8, 4) is 0 Å². The maximum absolute atomic E-state index is 13.2. The Morgan fingerprint density at radius 3 is 2.56 bits per heavy atom. The first kappa shape index (κ1) is 21.3. The predicted molar refractivity (Wildman–Crippen MR) is 128 cm³/mol.